The Labute approximate surface area is 199 Å². The van der Waals surface area contributed by atoms with Crippen LogP contribution >= 0.6 is 0 Å². The molecular formula is C27H21N3O3S. The van der Waals surface area contributed by atoms with Crippen molar-refractivity contribution in [3.63, 3.8) is 0 Å². The number of nitrogens with zero attached hydrogens (tertiary/aromatic N) is 2. The number of aromatic nitrogens is 1. The largest absolute Gasteiger partial charge is 0.348 e. The molecule has 168 valence electrons. The molecule has 1 atom stereocenters. The van der Waals surface area contributed by atoms with Gasteiger partial charge in [0.2, 0.25) is 0 Å². The highest BCUT2D eigenvalue weighted by Gasteiger charge is 2.31. The van der Waals surface area contributed by atoms with Gasteiger partial charge in [0.25, 0.3) is 11.8 Å². The molecule has 1 aromatic heterocycles. The van der Waals surface area contributed by atoms with E-state index >= 15 is 0 Å². The first-order valence-electron chi connectivity index (χ1n) is 10.8. The summed E-state index contributed by atoms with van der Waals surface area (Å²) in [5.74, 6) is -0.536. The highest BCUT2D eigenvalue weighted by atomic mass is 32.2. The summed E-state index contributed by atoms with van der Waals surface area (Å²) < 4.78 is 13.5. The maximum Gasteiger partial charge on any atom is 0.259 e. The fourth-order valence-electron chi connectivity index (χ4n) is 3.91. The maximum atomic E-state index is 13.6. The molecule has 4 aromatic rings. The van der Waals surface area contributed by atoms with E-state index in [4.69, 9.17) is 0 Å². The van der Waals surface area contributed by atoms with Gasteiger partial charge in [0, 0.05) is 24.5 Å². The molecule has 2 amide bonds. The van der Waals surface area contributed by atoms with Gasteiger partial charge in [-0.3, -0.25) is 14.6 Å². The monoisotopic (exact) mass is 467 g/mol. The fraction of sp³-hybridized carbons (Fsp3) is 0.0741. The highest BCUT2D eigenvalue weighted by molar-refractivity contribution is 7.85. The molecule has 1 N–H and O–H groups in total. The summed E-state index contributed by atoms with van der Waals surface area (Å²) in [7, 11) is -1.56. The van der Waals surface area contributed by atoms with E-state index in [1.165, 1.54) is 0 Å². The Morgan fingerprint density at radius 3 is 2.44 bits per heavy atom. The van der Waals surface area contributed by atoms with Gasteiger partial charge >= 0.3 is 0 Å². The molecule has 5 rings (SSSR count). The summed E-state index contributed by atoms with van der Waals surface area (Å²) in [5, 5.41) is 2.88. The number of hydrogen-bond acceptors (Lipinski definition) is 4. The molecule has 0 saturated carbocycles. The zero-order valence-corrected chi connectivity index (χ0v) is 19.0. The minimum absolute atomic E-state index is 0.250. The fourth-order valence-corrected chi connectivity index (χ4v) is 5.26. The van der Waals surface area contributed by atoms with Gasteiger partial charge in [0.05, 0.1) is 38.4 Å². The van der Waals surface area contributed by atoms with Crippen molar-refractivity contribution in [3.05, 3.63) is 120 Å². The predicted octanol–water partition coefficient (Wildman–Crippen LogP) is 4.34. The molecule has 1 aliphatic rings. The number of fused-ring (bicyclic) bond motifs is 2. The van der Waals surface area contributed by atoms with Gasteiger partial charge in [-0.15, -0.1) is 0 Å². The van der Waals surface area contributed by atoms with E-state index in [2.05, 4.69) is 10.3 Å². The van der Waals surface area contributed by atoms with Crippen molar-refractivity contribution in [2.24, 2.45) is 0 Å². The summed E-state index contributed by atoms with van der Waals surface area (Å²) in [6, 6.07) is 25.2. The zero-order valence-electron chi connectivity index (χ0n) is 18.2. The lowest BCUT2D eigenvalue weighted by molar-refractivity contribution is 0.0947. The average Bonchev–Trinajstić information content (AvgIpc) is 2.98. The summed E-state index contributed by atoms with van der Waals surface area (Å²) >= 11 is 0. The lowest BCUT2D eigenvalue weighted by Gasteiger charge is -2.23. The van der Waals surface area contributed by atoms with E-state index in [-0.39, 0.29) is 11.8 Å². The first-order chi connectivity index (χ1) is 16.6. The summed E-state index contributed by atoms with van der Waals surface area (Å²) in [5.41, 5.74) is 3.06. The van der Waals surface area contributed by atoms with E-state index in [0.29, 0.717) is 39.7 Å². The first kappa shape index (κ1) is 21.7. The number of amides is 2. The van der Waals surface area contributed by atoms with E-state index in [1.54, 1.807) is 59.8 Å². The number of benzene rings is 3. The molecule has 1 unspecified atom stereocenters. The molecule has 6 nitrogen and oxygen atoms in total. The number of carbonyl (C=O) groups excluding carboxylic acids is 2. The second-order valence-corrected chi connectivity index (χ2v) is 9.29. The number of pyridine rings is 1. The van der Waals surface area contributed by atoms with Crippen molar-refractivity contribution in [3.8, 4) is 0 Å². The molecule has 2 heterocycles. The molecule has 1 aliphatic heterocycles. The van der Waals surface area contributed by atoms with Crippen LogP contribution in [0, 0.1) is 0 Å². The Morgan fingerprint density at radius 1 is 0.882 bits per heavy atom. The molecule has 0 spiro atoms. The van der Waals surface area contributed by atoms with E-state index < -0.39 is 10.8 Å². The highest BCUT2D eigenvalue weighted by Crippen LogP contribution is 2.36. The summed E-state index contributed by atoms with van der Waals surface area (Å²) in [6.45, 7) is 0.618. The van der Waals surface area contributed by atoms with Crippen LogP contribution in [0.2, 0.25) is 0 Å². The third-order valence-corrected chi connectivity index (χ3v) is 7.13. The Morgan fingerprint density at radius 2 is 1.65 bits per heavy atom. The molecular weight excluding hydrogens is 446 g/mol. The SMILES string of the molecule is O=C(NCc1cccnc1)c1ccc2c(c1)N(Cc1ccccc1)C(=O)c1ccccc1S2=O. The number of rotatable bonds is 5. The topological polar surface area (TPSA) is 79.4 Å². The van der Waals surface area contributed by atoms with Crippen LogP contribution in [0.25, 0.3) is 0 Å². The number of anilines is 1. The molecule has 3 aromatic carbocycles. The van der Waals surface area contributed by atoms with Gasteiger partial charge in [0.1, 0.15) is 0 Å². The maximum absolute atomic E-state index is 13.6. The van der Waals surface area contributed by atoms with Gasteiger partial charge < -0.3 is 10.2 Å². The van der Waals surface area contributed by atoms with Gasteiger partial charge in [-0.25, -0.2) is 4.21 Å². The molecule has 0 bridgehead atoms. The molecule has 0 aliphatic carbocycles. The summed E-state index contributed by atoms with van der Waals surface area (Å²) in [6.07, 6.45) is 3.37. The molecule has 34 heavy (non-hydrogen) atoms. The normalized spacial score (nSPS) is 14.6. The van der Waals surface area contributed by atoms with E-state index in [9.17, 15) is 13.8 Å². The second-order valence-electron chi connectivity index (χ2n) is 7.87. The van der Waals surface area contributed by atoms with Crippen LogP contribution in [-0.2, 0) is 23.9 Å². The van der Waals surface area contributed by atoms with Crippen LogP contribution in [0.4, 0.5) is 5.69 Å². The van der Waals surface area contributed by atoms with Gasteiger partial charge in [-0.1, -0.05) is 48.5 Å². The van der Waals surface area contributed by atoms with Crippen molar-refractivity contribution >= 4 is 28.3 Å². The number of hydrogen-bond donors (Lipinski definition) is 1. The van der Waals surface area contributed by atoms with Crippen molar-refractivity contribution < 1.29 is 13.8 Å². The minimum atomic E-state index is -1.56. The van der Waals surface area contributed by atoms with Crippen molar-refractivity contribution in [2.75, 3.05) is 4.90 Å². The number of nitrogens with one attached hydrogen (secondary N) is 1. The smallest absolute Gasteiger partial charge is 0.259 e. The standard InChI is InChI=1S/C27H21N3O3S/c31-26(29-17-20-9-6-14-28-16-20)21-12-13-25-23(15-21)30(18-19-7-2-1-3-8-19)27(32)22-10-4-5-11-24(22)34(25)33/h1-16H,17-18H2,(H,29,31). The van der Waals surface area contributed by atoms with E-state index in [0.717, 1.165) is 11.1 Å². The number of carbonyl (C=O) groups is 2. The van der Waals surface area contributed by atoms with Crippen molar-refractivity contribution in [2.45, 2.75) is 22.9 Å². The third kappa shape index (κ3) is 4.25. The second kappa shape index (κ2) is 9.41. The lowest BCUT2D eigenvalue weighted by Crippen LogP contribution is -2.31. The van der Waals surface area contributed by atoms with Crippen LogP contribution in [-0.4, -0.2) is 21.0 Å². The minimum Gasteiger partial charge on any atom is -0.348 e. The summed E-state index contributed by atoms with van der Waals surface area (Å²) in [4.78, 5) is 33.2. The molecule has 7 heteroatoms. The van der Waals surface area contributed by atoms with Crippen LogP contribution in [0.15, 0.2) is 107 Å². The Kier molecular flexibility index (Phi) is 6.01. The quantitative estimate of drug-likeness (QED) is 0.474. The average molecular weight is 468 g/mol. The predicted molar refractivity (Wildman–Crippen MR) is 130 cm³/mol. The van der Waals surface area contributed by atoms with Crippen LogP contribution in [0.3, 0.4) is 0 Å². The Bertz CT molecular complexity index is 1390. The third-order valence-electron chi connectivity index (χ3n) is 5.63. The van der Waals surface area contributed by atoms with Gasteiger partial charge in [-0.2, -0.15) is 0 Å². The van der Waals surface area contributed by atoms with E-state index in [1.807, 2.05) is 42.5 Å². The molecule has 0 saturated heterocycles. The molecule has 0 radical (unpaired) electrons. The Balaban J connectivity index is 1.54. The van der Waals surface area contributed by atoms with Gasteiger partial charge in [-0.05, 0) is 47.5 Å². The molecule has 0 fully saturated rings. The van der Waals surface area contributed by atoms with Crippen molar-refractivity contribution in [1.29, 1.82) is 0 Å². The first-order valence-corrected chi connectivity index (χ1v) is 11.9. The van der Waals surface area contributed by atoms with Crippen molar-refractivity contribution in [1.82, 2.24) is 10.3 Å². The van der Waals surface area contributed by atoms with Crippen LogP contribution < -0.4 is 10.2 Å². The lowest BCUT2D eigenvalue weighted by atomic mass is 10.1. The van der Waals surface area contributed by atoms with Crippen LogP contribution in [0.1, 0.15) is 31.8 Å². The van der Waals surface area contributed by atoms with Gasteiger partial charge in [0.15, 0.2) is 0 Å². The zero-order chi connectivity index (χ0) is 23.5. The van der Waals surface area contributed by atoms with Crippen LogP contribution in [0.5, 0.6) is 0 Å². The Hall–Kier alpha value is -4.10.